The molecule has 0 aliphatic carbocycles. The number of nitrogens with zero attached hydrogens (tertiary/aromatic N) is 1. The highest BCUT2D eigenvalue weighted by Gasteiger charge is 2.31. The van der Waals surface area contributed by atoms with Crippen LogP contribution in [0.4, 0.5) is 13.2 Å². The molecule has 4 nitrogen and oxygen atoms in total. The Labute approximate surface area is 125 Å². The van der Waals surface area contributed by atoms with E-state index in [1.54, 1.807) is 4.90 Å². The van der Waals surface area contributed by atoms with Gasteiger partial charge < -0.3 is 10.0 Å². The number of alkyl halides is 3. The van der Waals surface area contributed by atoms with Crippen LogP contribution in [0, 0.1) is 5.92 Å². The van der Waals surface area contributed by atoms with Crippen molar-refractivity contribution in [3.63, 3.8) is 0 Å². The van der Waals surface area contributed by atoms with Crippen molar-refractivity contribution in [3.8, 4) is 0 Å². The number of amides is 1. The largest absolute Gasteiger partial charge is 0.481 e. The van der Waals surface area contributed by atoms with Crippen molar-refractivity contribution in [3.05, 3.63) is 35.4 Å². The number of halogens is 3. The molecule has 1 saturated heterocycles. The van der Waals surface area contributed by atoms with Gasteiger partial charge in [0.05, 0.1) is 5.56 Å². The van der Waals surface area contributed by atoms with Crippen molar-refractivity contribution in [2.75, 3.05) is 13.1 Å². The first-order valence-electron chi connectivity index (χ1n) is 6.95. The zero-order valence-electron chi connectivity index (χ0n) is 11.8. The summed E-state index contributed by atoms with van der Waals surface area (Å²) in [5.74, 6) is -1.12. The highest BCUT2D eigenvalue weighted by atomic mass is 19.4. The molecule has 1 aliphatic heterocycles. The number of benzene rings is 1. The first-order valence-corrected chi connectivity index (χ1v) is 6.95. The number of carbonyl (C=O) groups is 2. The standard InChI is InChI=1S/C15H16F3NO3/c16-15(17,18)12-3-1-11(2-4-12)14(22)19-7-5-10(6-8-19)9-13(20)21/h1-4,10H,5-9H2,(H,20,21). The van der Waals surface area contributed by atoms with Crippen LogP contribution in [0.25, 0.3) is 0 Å². The summed E-state index contributed by atoms with van der Waals surface area (Å²) in [6, 6.07) is 4.14. The van der Waals surface area contributed by atoms with Gasteiger partial charge >= 0.3 is 12.1 Å². The summed E-state index contributed by atoms with van der Waals surface area (Å²) in [6.45, 7) is 0.857. The maximum atomic E-state index is 12.5. The molecule has 2 rings (SSSR count). The Kier molecular flexibility index (Phi) is 4.73. The number of carbonyl (C=O) groups excluding carboxylic acids is 1. The fraction of sp³-hybridized carbons (Fsp3) is 0.467. The molecular weight excluding hydrogens is 299 g/mol. The minimum Gasteiger partial charge on any atom is -0.481 e. The number of carboxylic acid groups (broad SMARTS) is 1. The molecule has 22 heavy (non-hydrogen) atoms. The Bertz CT molecular complexity index is 546. The third-order valence-corrected chi connectivity index (χ3v) is 3.82. The van der Waals surface area contributed by atoms with Gasteiger partial charge in [0.25, 0.3) is 5.91 Å². The summed E-state index contributed by atoms with van der Waals surface area (Å²) in [4.78, 5) is 24.4. The molecule has 0 saturated carbocycles. The smallest absolute Gasteiger partial charge is 0.416 e. The number of rotatable bonds is 3. The summed E-state index contributed by atoms with van der Waals surface area (Å²) in [7, 11) is 0. The molecule has 1 N–H and O–H groups in total. The monoisotopic (exact) mass is 315 g/mol. The Morgan fingerprint density at radius 2 is 1.68 bits per heavy atom. The summed E-state index contributed by atoms with van der Waals surface area (Å²) >= 11 is 0. The van der Waals surface area contributed by atoms with E-state index >= 15 is 0 Å². The molecule has 0 atom stereocenters. The van der Waals surface area contributed by atoms with Gasteiger partial charge in [0.2, 0.25) is 0 Å². The molecule has 1 amide bonds. The number of aliphatic carboxylic acids is 1. The van der Waals surface area contributed by atoms with Gasteiger partial charge in [-0.3, -0.25) is 9.59 Å². The molecule has 0 bridgehead atoms. The van der Waals surface area contributed by atoms with E-state index in [0.717, 1.165) is 12.1 Å². The number of hydrogen-bond donors (Lipinski definition) is 1. The second kappa shape index (κ2) is 6.37. The maximum absolute atomic E-state index is 12.5. The van der Waals surface area contributed by atoms with Gasteiger partial charge in [-0.05, 0) is 43.0 Å². The van der Waals surface area contributed by atoms with E-state index in [0.29, 0.717) is 25.9 Å². The molecule has 1 heterocycles. The SMILES string of the molecule is O=C(O)CC1CCN(C(=O)c2ccc(C(F)(F)F)cc2)CC1. The molecule has 7 heteroatoms. The first kappa shape index (κ1) is 16.3. The lowest BCUT2D eigenvalue weighted by Gasteiger charge is -2.31. The van der Waals surface area contributed by atoms with Crippen LogP contribution < -0.4 is 0 Å². The Morgan fingerprint density at radius 1 is 1.14 bits per heavy atom. The lowest BCUT2D eigenvalue weighted by atomic mass is 9.93. The average Bonchev–Trinajstić information content (AvgIpc) is 2.46. The minimum absolute atomic E-state index is 0.0501. The van der Waals surface area contributed by atoms with Crippen LogP contribution in [-0.2, 0) is 11.0 Å². The van der Waals surface area contributed by atoms with E-state index in [9.17, 15) is 22.8 Å². The Morgan fingerprint density at radius 3 is 2.14 bits per heavy atom. The van der Waals surface area contributed by atoms with Gasteiger partial charge in [-0.1, -0.05) is 0 Å². The number of piperidine rings is 1. The second-order valence-corrected chi connectivity index (χ2v) is 5.41. The highest BCUT2D eigenvalue weighted by Crippen LogP contribution is 2.29. The quantitative estimate of drug-likeness (QED) is 0.933. The van der Waals surface area contributed by atoms with E-state index in [4.69, 9.17) is 5.11 Å². The predicted octanol–water partition coefficient (Wildman–Crippen LogP) is 3.03. The molecule has 1 aromatic carbocycles. The van der Waals surface area contributed by atoms with Crippen LogP contribution in [-0.4, -0.2) is 35.0 Å². The molecule has 120 valence electrons. The molecule has 0 spiro atoms. The van der Waals surface area contributed by atoms with Crippen molar-refractivity contribution in [2.24, 2.45) is 5.92 Å². The highest BCUT2D eigenvalue weighted by molar-refractivity contribution is 5.94. The minimum atomic E-state index is -4.42. The van der Waals surface area contributed by atoms with E-state index in [1.165, 1.54) is 12.1 Å². The molecule has 1 aromatic rings. The third kappa shape index (κ3) is 3.99. The second-order valence-electron chi connectivity index (χ2n) is 5.41. The van der Waals surface area contributed by atoms with Gasteiger partial charge in [0.1, 0.15) is 0 Å². The third-order valence-electron chi connectivity index (χ3n) is 3.82. The average molecular weight is 315 g/mol. The fourth-order valence-corrected chi connectivity index (χ4v) is 2.57. The van der Waals surface area contributed by atoms with Crippen molar-refractivity contribution in [2.45, 2.75) is 25.4 Å². The molecule has 0 radical (unpaired) electrons. The topological polar surface area (TPSA) is 57.6 Å². The number of likely N-dealkylation sites (tertiary alicyclic amines) is 1. The van der Waals surface area contributed by atoms with Crippen molar-refractivity contribution < 1.29 is 27.9 Å². The zero-order valence-corrected chi connectivity index (χ0v) is 11.8. The normalized spacial score (nSPS) is 16.6. The van der Waals surface area contributed by atoms with Crippen molar-refractivity contribution in [1.82, 2.24) is 4.90 Å². The lowest BCUT2D eigenvalue weighted by Crippen LogP contribution is -2.38. The first-order chi connectivity index (χ1) is 10.3. The van der Waals surface area contributed by atoms with Crippen LogP contribution in [0.3, 0.4) is 0 Å². The van der Waals surface area contributed by atoms with E-state index < -0.39 is 17.7 Å². The van der Waals surface area contributed by atoms with Crippen molar-refractivity contribution in [1.29, 1.82) is 0 Å². The zero-order chi connectivity index (χ0) is 16.3. The molecule has 1 aliphatic rings. The lowest BCUT2D eigenvalue weighted by molar-refractivity contribution is -0.139. The number of carboxylic acids is 1. The Hall–Kier alpha value is -2.05. The van der Waals surface area contributed by atoms with E-state index in [2.05, 4.69) is 0 Å². The molecule has 0 aromatic heterocycles. The van der Waals surface area contributed by atoms with Crippen LogP contribution in [0.1, 0.15) is 35.2 Å². The van der Waals surface area contributed by atoms with Gasteiger partial charge in [-0.25, -0.2) is 0 Å². The van der Waals surface area contributed by atoms with Crippen LogP contribution in [0.15, 0.2) is 24.3 Å². The molecule has 1 fully saturated rings. The summed E-state index contributed by atoms with van der Waals surface area (Å²) in [5, 5.41) is 8.74. The van der Waals surface area contributed by atoms with E-state index in [1.807, 2.05) is 0 Å². The predicted molar refractivity (Wildman–Crippen MR) is 72.3 cm³/mol. The van der Waals surface area contributed by atoms with Crippen LogP contribution in [0.5, 0.6) is 0 Å². The van der Waals surface area contributed by atoms with Crippen LogP contribution in [0.2, 0.25) is 0 Å². The molecular formula is C15H16F3NO3. The van der Waals surface area contributed by atoms with Gasteiger partial charge in [0, 0.05) is 25.1 Å². The summed E-state index contributed by atoms with van der Waals surface area (Å²) in [5.41, 5.74) is -0.575. The summed E-state index contributed by atoms with van der Waals surface area (Å²) in [6.07, 6.45) is -3.14. The molecule has 0 unspecified atom stereocenters. The Balaban J connectivity index is 1.97. The van der Waals surface area contributed by atoms with Gasteiger partial charge in [-0.15, -0.1) is 0 Å². The fourth-order valence-electron chi connectivity index (χ4n) is 2.57. The maximum Gasteiger partial charge on any atom is 0.416 e. The van der Waals surface area contributed by atoms with E-state index in [-0.39, 0.29) is 23.8 Å². The van der Waals surface area contributed by atoms with Crippen LogP contribution >= 0.6 is 0 Å². The number of hydrogen-bond acceptors (Lipinski definition) is 2. The van der Waals surface area contributed by atoms with Gasteiger partial charge in [0.15, 0.2) is 0 Å². The van der Waals surface area contributed by atoms with Crippen molar-refractivity contribution >= 4 is 11.9 Å². The summed E-state index contributed by atoms with van der Waals surface area (Å²) < 4.78 is 37.4. The van der Waals surface area contributed by atoms with Gasteiger partial charge in [-0.2, -0.15) is 13.2 Å².